The molecule has 0 aliphatic rings. The molecule has 0 fully saturated rings. The van der Waals surface area contributed by atoms with Crippen LogP contribution in [0.3, 0.4) is 0 Å². The molecule has 56 valence electrons. The highest BCUT2D eigenvalue weighted by Gasteiger charge is 1.91. The summed E-state index contributed by atoms with van der Waals surface area (Å²) in [6, 6.07) is 0. The van der Waals surface area contributed by atoms with Crippen LogP contribution >= 0.6 is 11.8 Å². The van der Waals surface area contributed by atoms with Gasteiger partial charge in [0.1, 0.15) is 0 Å². The quantitative estimate of drug-likeness (QED) is 0.470. The molecule has 1 N–H and O–H groups in total. The van der Waals surface area contributed by atoms with E-state index in [4.69, 9.17) is 9.84 Å². The van der Waals surface area contributed by atoms with Crippen molar-refractivity contribution < 1.29 is 9.84 Å². The molecule has 0 atom stereocenters. The van der Waals surface area contributed by atoms with E-state index in [0.29, 0.717) is 12.0 Å². The van der Waals surface area contributed by atoms with E-state index < -0.39 is 0 Å². The van der Waals surface area contributed by atoms with E-state index in [2.05, 4.69) is 0 Å². The van der Waals surface area contributed by atoms with Crippen molar-refractivity contribution in [3.05, 3.63) is 0 Å². The zero-order chi connectivity index (χ0) is 7.11. The molecule has 9 heavy (non-hydrogen) atoms. The van der Waals surface area contributed by atoms with E-state index in [1.54, 1.807) is 11.8 Å². The molecule has 0 aliphatic carbocycles. The van der Waals surface area contributed by atoms with Gasteiger partial charge in [-0.25, -0.2) is 0 Å². The van der Waals surface area contributed by atoms with Gasteiger partial charge >= 0.3 is 0 Å². The summed E-state index contributed by atoms with van der Waals surface area (Å²) in [7, 11) is 0. The van der Waals surface area contributed by atoms with Crippen molar-refractivity contribution in [3.63, 3.8) is 0 Å². The summed E-state index contributed by atoms with van der Waals surface area (Å²) in [5, 5.41) is 8.36. The Morgan fingerprint density at radius 1 is 1.56 bits per heavy atom. The van der Waals surface area contributed by atoms with Gasteiger partial charge in [-0.2, -0.15) is 0 Å². The van der Waals surface area contributed by atoms with Crippen LogP contribution in [-0.2, 0) is 4.74 Å². The molecule has 0 bridgehead atoms. The number of ether oxygens (including phenoxy) is 1. The molecule has 0 saturated heterocycles. The number of aliphatic hydroxyl groups is 1. The average molecular weight is 150 g/mol. The van der Waals surface area contributed by atoms with Crippen molar-refractivity contribution in [1.82, 2.24) is 0 Å². The Morgan fingerprint density at radius 2 is 2.22 bits per heavy atom. The smallest absolute Gasteiger partial charge is 0.0925 e. The predicted molar refractivity (Wildman–Crippen MR) is 40.6 cm³/mol. The lowest BCUT2D eigenvalue weighted by Gasteiger charge is -2.04. The fourth-order valence-electron chi connectivity index (χ4n) is 0.308. The summed E-state index contributed by atoms with van der Waals surface area (Å²) < 4.78 is 5.20. The third-order valence-corrected chi connectivity index (χ3v) is 1.49. The summed E-state index contributed by atoms with van der Waals surface area (Å²) in [6.07, 6.45) is 0.302. The first-order valence-electron chi connectivity index (χ1n) is 3.07. The first-order valence-corrected chi connectivity index (χ1v) is 4.23. The molecule has 0 rings (SSSR count). The SMILES string of the molecule is CC(C)OCSCCO. The lowest BCUT2D eigenvalue weighted by atomic mass is 10.5. The van der Waals surface area contributed by atoms with Crippen LogP contribution in [0.1, 0.15) is 13.8 Å². The zero-order valence-electron chi connectivity index (χ0n) is 5.96. The van der Waals surface area contributed by atoms with Crippen LogP contribution < -0.4 is 0 Å². The van der Waals surface area contributed by atoms with Crippen LogP contribution in [-0.4, -0.2) is 29.5 Å². The van der Waals surface area contributed by atoms with Gasteiger partial charge in [-0.1, -0.05) is 0 Å². The van der Waals surface area contributed by atoms with Gasteiger partial charge in [0.05, 0.1) is 18.6 Å². The van der Waals surface area contributed by atoms with E-state index in [1.165, 1.54) is 0 Å². The molecule has 0 aromatic carbocycles. The van der Waals surface area contributed by atoms with Crippen LogP contribution in [0.4, 0.5) is 0 Å². The van der Waals surface area contributed by atoms with E-state index >= 15 is 0 Å². The highest BCUT2D eigenvalue weighted by molar-refractivity contribution is 7.99. The number of rotatable bonds is 5. The molecule has 0 saturated carbocycles. The molecule has 0 amide bonds. The van der Waals surface area contributed by atoms with Crippen molar-refractivity contribution in [3.8, 4) is 0 Å². The zero-order valence-corrected chi connectivity index (χ0v) is 6.78. The third kappa shape index (κ3) is 8.27. The van der Waals surface area contributed by atoms with Crippen LogP contribution in [0.15, 0.2) is 0 Å². The van der Waals surface area contributed by atoms with Crippen molar-refractivity contribution in [2.24, 2.45) is 0 Å². The van der Waals surface area contributed by atoms with Crippen molar-refractivity contribution in [1.29, 1.82) is 0 Å². The van der Waals surface area contributed by atoms with Crippen LogP contribution in [0, 0.1) is 0 Å². The lowest BCUT2D eigenvalue weighted by molar-refractivity contribution is 0.120. The van der Waals surface area contributed by atoms with Gasteiger partial charge < -0.3 is 9.84 Å². The van der Waals surface area contributed by atoms with Crippen molar-refractivity contribution in [2.45, 2.75) is 20.0 Å². The predicted octanol–water partition coefficient (Wildman–Crippen LogP) is 1.09. The lowest BCUT2D eigenvalue weighted by Crippen LogP contribution is -2.02. The van der Waals surface area contributed by atoms with E-state index in [1.807, 2.05) is 13.8 Å². The first kappa shape index (κ1) is 9.27. The minimum atomic E-state index is 0.242. The maximum Gasteiger partial charge on any atom is 0.0925 e. The maximum atomic E-state index is 8.36. The highest BCUT2D eigenvalue weighted by Crippen LogP contribution is 2.00. The molecule has 0 spiro atoms. The van der Waals surface area contributed by atoms with Gasteiger partial charge in [0.25, 0.3) is 0 Å². The van der Waals surface area contributed by atoms with Crippen LogP contribution in [0.2, 0.25) is 0 Å². The summed E-state index contributed by atoms with van der Waals surface area (Å²) in [5.74, 6) is 1.46. The van der Waals surface area contributed by atoms with Crippen molar-refractivity contribution in [2.75, 3.05) is 18.3 Å². The number of thioether (sulfide) groups is 1. The van der Waals surface area contributed by atoms with E-state index in [9.17, 15) is 0 Å². The Kier molecular flexibility index (Phi) is 6.58. The molecule has 3 heteroatoms. The average Bonchev–Trinajstić information content (AvgIpc) is 1.80. The summed E-state index contributed by atoms with van der Waals surface area (Å²) in [5.41, 5.74) is 0. The largest absolute Gasteiger partial charge is 0.396 e. The number of aliphatic hydroxyl groups excluding tert-OH is 1. The molecule has 0 aliphatic heterocycles. The molecular formula is C6H14O2S. The molecule has 0 unspecified atom stereocenters. The van der Waals surface area contributed by atoms with Crippen molar-refractivity contribution >= 4 is 11.8 Å². The minimum Gasteiger partial charge on any atom is -0.396 e. The second kappa shape index (κ2) is 6.39. The van der Waals surface area contributed by atoms with Gasteiger partial charge in [0.2, 0.25) is 0 Å². The summed E-state index contributed by atoms with van der Waals surface area (Å²) in [6.45, 7) is 4.24. The second-order valence-corrected chi connectivity index (χ2v) is 3.02. The molecule has 0 aromatic rings. The number of hydrogen-bond acceptors (Lipinski definition) is 3. The maximum absolute atomic E-state index is 8.36. The van der Waals surface area contributed by atoms with Crippen LogP contribution in [0.5, 0.6) is 0 Å². The second-order valence-electron chi connectivity index (χ2n) is 1.97. The minimum absolute atomic E-state index is 0.242. The fourth-order valence-corrected chi connectivity index (χ4v) is 0.923. The van der Waals surface area contributed by atoms with Crippen LogP contribution in [0.25, 0.3) is 0 Å². The Balaban J connectivity index is 2.75. The van der Waals surface area contributed by atoms with Gasteiger partial charge in [0, 0.05) is 5.75 Å². The molecule has 0 radical (unpaired) electrons. The fraction of sp³-hybridized carbons (Fsp3) is 1.00. The summed E-state index contributed by atoms with van der Waals surface area (Å²) in [4.78, 5) is 0. The Labute approximate surface area is 60.6 Å². The van der Waals surface area contributed by atoms with Gasteiger partial charge in [-0.3, -0.25) is 0 Å². The highest BCUT2D eigenvalue weighted by atomic mass is 32.2. The number of hydrogen-bond donors (Lipinski definition) is 1. The standard InChI is InChI=1S/C6H14O2S/c1-6(2)8-5-9-4-3-7/h6-7H,3-5H2,1-2H3. The van der Waals surface area contributed by atoms with Gasteiger partial charge in [0.15, 0.2) is 0 Å². The summed E-state index contributed by atoms with van der Waals surface area (Å²) >= 11 is 1.61. The monoisotopic (exact) mass is 150 g/mol. The van der Waals surface area contributed by atoms with Gasteiger partial charge in [-0.15, -0.1) is 11.8 Å². The normalized spacial score (nSPS) is 10.7. The molecular weight excluding hydrogens is 136 g/mol. The molecule has 0 heterocycles. The Morgan fingerprint density at radius 3 is 2.67 bits per heavy atom. The third-order valence-electron chi connectivity index (χ3n) is 0.720. The molecule has 2 nitrogen and oxygen atoms in total. The van der Waals surface area contributed by atoms with E-state index in [0.717, 1.165) is 5.75 Å². The first-order chi connectivity index (χ1) is 4.27. The van der Waals surface area contributed by atoms with E-state index in [-0.39, 0.29) is 6.61 Å². The Hall–Kier alpha value is 0.270. The molecule has 0 aromatic heterocycles. The van der Waals surface area contributed by atoms with Gasteiger partial charge in [-0.05, 0) is 13.8 Å². The Bertz CT molecular complexity index is 57.0. The topological polar surface area (TPSA) is 29.5 Å².